The summed E-state index contributed by atoms with van der Waals surface area (Å²) in [5.41, 5.74) is 0.715. The van der Waals surface area contributed by atoms with Crippen LogP contribution in [0.5, 0.6) is 0 Å². The number of nitroso groups, excluding NO2 is 1. The first kappa shape index (κ1) is 7.75. The standard InChI is InChI=1S/C6H7NO2/c1-5(2)3-4-6(8)7-9/h3-4H,1H2,2H3. The molecule has 3 nitrogen and oxygen atoms in total. The van der Waals surface area contributed by atoms with E-state index in [1.165, 1.54) is 6.08 Å². The summed E-state index contributed by atoms with van der Waals surface area (Å²) in [6.45, 7) is 5.20. The largest absolute Gasteiger partial charge is 0.309 e. The number of carbonyl (C=O) groups is 1. The normalized spacial score (nSPS) is 9.44. The van der Waals surface area contributed by atoms with Gasteiger partial charge in [-0.3, -0.25) is 4.79 Å². The highest BCUT2D eigenvalue weighted by atomic mass is 16.3. The van der Waals surface area contributed by atoms with Gasteiger partial charge in [-0.05, 0) is 6.92 Å². The van der Waals surface area contributed by atoms with Crippen molar-refractivity contribution < 1.29 is 4.79 Å². The van der Waals surface area contributed by atoms with E-state index in [4.69, 9.17) is 0 Å². The number of carbonyl (C=O) groups excluding carboxylic acids is 1. The third-order valence-electron chi connectivity index (χ3n) is 0.600. The van der Waals surface area contributed by atoms with Gasteiger partial charge in [-0.1, -0.05) is 18.2 Å². The number of allylic oxidation sites excluding steroid dienone is 2. The SMILES string of the molecule is C=C(C)C=CC(=O)N=O. The molecule has 0 unspecified atom stereocenters. The minimum Gasteiger partial charge on any atom is -0.264 e. The van der Waals surface area contributed by atoms with Crippen LogP contribution in [-0.2, 0) is 4.79 Å². The molecule has 0 saturated carbocycles. The molecule has 0 aliphatic rings. The van der Waals surface area contributed by atoms with Crippen LogP contribution in [-0.4, -0.2) is 5.91 Å². The Kier molecular flexibility index (Phi) is 3.20. The summed E-state index contributed by atoms with van der Waals surface area (Å²) in [6.07, 6.45) is 2.51. The van der Waals surface area contributed by atoms with Crippen LogP contribution in [0.4, 0.5) is 0 Å². The molecule has 0 aliphatic carbocycles. The predicted octanol–water partition coefficient (Wildman–Crippen LogP) is 1.41. The first-order chi connectivity index (χ1) is 4.16. The molecule has 0 atom stereocenters. The number of nitrogens with zero attached hydrogens (tertiary/aromatic N) is 1. The van der Waals surface area contributed by atoms with Crippen LogP contribution < -0.4 is 0 Å². The third-order valence-corrected chi connectivity index (χ3v) is 0.600. The summed E-state index contributed by atoms with van der Waals surface area (Å²) < 4.78 is 0. The van der Waals surface area contributed by atoms with Gasteiger partial charge in [0.15, 0.2) is 0 Å². The van der Waals surface area contributed by atoms with Gasteiger partial charge in [0.25, 0.3) is 0 Å². The lowest BCUT2D eigenvalue weighted by atomic mass is 10.3. The van der Waals surface area contributed by atoms with E-state index in [1.807, 2.05) is 0 Å². The van der Waals surface area contributed by atoms with Crippen LogP contribution in [0.3, 0.4) is 0 Å². The lowest BCUT2D eigenvalue weighted by molar-refractivity contribution is -0.113. The topological polar surface area (TPSA) is 46.5 Å². The van der Waals surface area contributed by atoms with Crippen molar-refractivity contribution in [3.8, 4) is 0 Å². The molecule has 0 aromatic rings. The van der Waals surface area contributed by atoms with Crippen molar-refractivity contribution in [2.75, 3.05) is 0 Å². The summed E-state index contributed by atoms with van der Waals surface area (Å²) in [5, 5.41) is 2.14. The summed E-state index contributed by atoms with van der Waals surface area (Å²) >= 11 is 0. The molecule has 0 heterocycles. The Morgan fingerprint density at radius 2 is 2.11 bits per heavy atom. The molecule has 0 spiro atoms. The Balaban J connectivity index is 3.85. The van der Waals surface area contributed by atoms with Crippen molar-refractivity contribution in [1.29, 1.82) is 0 Å². The molecule has 0 radical (unpaired) electrons. The molecule has 0 fully saturated rings. The maximum Gasteiger partial charge on any atom is 0.309 e. The van der Waals surface area contributed by atoms with Crippen LogP contribution in [0, 0.1) is 4.91 Å². The van der Waals surface area contributed by atoms with Gasteiger partial charge >= 0.3 is 5.91 Å². The van der Waals surface area contributed by atoms with Crippen LogP contribution >= 0.6 is 0 Å². The van der Waals surface area contributed by atoms with Gasteiger partial charge in [0, 0.05) is 11.3 Å². The maximum absolute atomic E-state index is 10.1. The van der Waals surface area contributed by atoms with E-state index in [0.717, 1.165) is 6.08 Å². The van der Waals surface area contributed by atoms with E-state index in [9.17, 15) is 9.70 Å². The summed E-state index contributed by atoms with van der Waals surface area (Å²) in [7, 11) is 0. The number of rotatable bonds is 2. The quantitative estimate of drug-likeness (QED) is 0.318. The molecule has 48 valence electrons. The van der Waals surface area contributed by atoms with Gasteiger partial charge in [-0.2, -0.15) is 0 Å². The average Bonchev–Trinajstić information content (AvgIpc) is 1.83. The maximum atomic E-state index is 10.1. The zero-order valence-corrected chi connectivity index (χ0v) is 5.13. The fraction of sp³-hybridized carbons (Fsp3) is 0.167. The molecule has 0 N–H and O–H groups in total. The highest BCUT2D eigenvalue weighted by molar-refractivity contribution is 5.88. The third kappa shape index (κ3) is 4.61. The van der Waals surface area contributed by atoms with E-state index in [1.54, 1.807) is 6.92 Å². The van der Waals surface area contributed by atoms with E-state index < -0.39 is 5.91 Å². The second kappa shape index (κ2) is 3.72. The summed E-state index contributed by atoms with van der Waals surface area (Å²) in [5.74, 6) is -0.780. The molecular weight excluding hydrogens is 118 g/mol. The molecule has 0 bridgehead atoms. The highest BCUT2D eigenvalue weighted by Crippen LogP contribution is 1.88. The summed E-state index contributed by atoms with van der Waals surface area (Å²) in [6, 6.07) is 0. The number of amides is 1. The van der Waals surface area contributed by atoms with Crippen molar-refractivity contribution in [3.63, 3.8) is 0 Å². The molecule has 0 aromatic carbocycles. The van der Waals surface area contributed by atoms with Gasteiger partial charge in [0.1, 0.15) is 0 Å². The highest BCUT2D eigenvalue weighted by Gasteiger charge is 1.88. The van der Waals surface area contributed by atoms with Gasteiger partial charge < -0.3 is 0 Å². The first-order valence-corrected chi connectivity index (χ1v) is 2.37. The lowest BCUT2D eigenvalue weighted by Crippen LogP contribution is -1.81. The molecule has 1 amide bonds. The minimum atomic E-state index is -0.780. The van der Waals surface area contributed by atoms with Crippen molar-refractivity contribution >= 4 is 5.91 Å². The van der Waals surface area contributed by atoms with Gasteiger partial charge in [-0.25, -0.2) is 0 Å². The second-order valence-electron chi connectivity index (χ2n) is 1.61. The van der Waals surface area contributed by atoms with Crippen LogP contribution in [0.2, 0.25) is 0 Å². The van der Waals surface area contributed by atoms with E-state index in [2.05, 4.69) is 11.8 Å². The van der Waals surface area contributed by atoms with Crippen molar-refractivity contribution in [1.82, 2.24) is 0 Å². The number of hydrogen-bond acceptors (Lipinski definition) is 2. The van der Waals surface area contributed by atoms with Crippen LogP contribution in [0.15, 0.2) is 29.5 Å². The monoisotopic (exact) mass is 125 g/mol. The van der Waals surface area contributed by atoms with Crippen molar-refractivity contribution in [2.45, 2.75) is 6.92 Å². The van der Waals surface area contributed by atoms with Gasteiger partial charge in [0.2, 0.25) is 0 Å². The Morgan fingerprint density at radius 1 is 1.56 bits per heavy atom. The molecule has 0 aromatic heterocycles. The average molecular weight is 125 g/mol. The summed E-state index contributed by atoms with van der Waals surface area (Å²) in [4.78, 5) is 19.5. The van der Waals surface area contributed by atoms with Gasteiger partial charge in [-0.15, -0.1) is 4.91 Å². The fourth-order valence-corrected chi connectivity index (χ4v) is 0.244. The van der Waals surface area contributed by atoms with Crippen molar-refractivity contribution in [3.05, 3.63) is 29.2 Å². The lowest BCUT2D eigenvalue weighted by Gasteiger charge is -1.78. The molecular formula is C6H7NO2. The Hall–Kier alpha value is -1.25. The number of hydrogen-bond donors (Lipinski definition) is 0. The van der Waals surface area contributed by atoms with E-state index in [0.29, 0.717) is 5.57 Å². The molecule has 9 heavy (non-hydrogen) atoms. The molecule has 0 saturated heterocycles. The minimum absolute atomic E-state index is 0.715. The predicted molar refractivity (Wildman–Crippen MR) is 34.8 cm³/mol. The zero-order chi connectivity index (χ0) is 7.28. The Bertz CT molecular complexity index is 170. The second-order valence-corrected chi connectivity index (χ2v) is 1.61. The Labute approximate surface area is 53.0 Å². The molecule has 0 aliphatic heterocycles. The molecule has 0 rings (SSSR count). The fourth-order valence-electron chi connectivity index (χ4n) is 0.244. The molecule has 3 heteroatoms. The first-order valence-electron chi connectivity index (χ1n) is 2.37. The van der Waals surface area contributed by atoms with Gasteiger partial charge in [0.05, 0.1) is 0 Å². The Morgan fingerprint density at radius 3 is 2.44 bits per heavy atom. The van der Waals surface area contributed by atoms with Crippen LogP contribution in [0.25, 0.3) is 0 Å². The van der Waals surface area contributed by atoms with Crippen molar-refractivity contribution in [2.24, 2.45) is 5.18 Å². The van der Waals surface area contributed by atoms with E-state index >= 15 is 0 Å². The smallest absolute Gasteiger partial charge is 0.264 e. The van der Waals surface area contributed by atoms with Crippen LogP contribution in [0.1, 0.15) is 6.92 Å². The zero-order valence-electron chi connectivity index (χ0n) is 5.13. The van der Waals surface area contributed by atoms with E-state index in [-0.39, 0.29) is 0 Å².